The lowest BCUT2D eigenvalue weighted by molar-refractivity contribution is 0.0829. The number of nitrogens with zero attached hydrogens (tertiary/aromatic N) is 3. The third-order valence-corrected chi connectivity index (χ3v) is 3.49. The van der Waals surface area contributed by atoms with Crippen LogP contribution in [0.1, 0.15) is 15.9 Å². The standard InChI is InChI=1S/C16H16N4O2/c1-19(2)16(22)12-9-20(8-11-6-4-3-5-7-11)14-13(12)17-10-18-15(14)21/h3-7,9-10H,8H2,1-2H3,(H,17,18,21). The maximum atomic E-state index is 12.3. The van der Waals surface area contributed by atoms with Gasteiger partial charge in [0.05, 0.1) is 11.9 Å². The summed E-state index contributed by atoms with van der Waals surface area (Å²) < 4.78 is 1.77. The molecule has 2 aromatic heterocycles. The van der Waals surface area contributed by atoms with Crippen LogP contribution in [0.5, 0.6) is 0 Å². The lowest BCUT2D eigenvalue weighted by atomic mass is 10.2. The third kappa shape index (κ3) is 2.39. The highest BCUT2D eigenvalue weighted by Crippen LogP contribution is 2.18. The van der Waals surface area contributed by atoms with Gasteiger partial charge in [-0.15, -0.1) is 0 Å². The van der Waals surface area contributed by atoms with E-state index in [4.69, 9.17) is 0 Å². The van der Waals surface area contributed by atoms with Crippen molar-refractivity contribution in [2.75, 3.05) is 14.1 Å². The van der Waals surface area contributed by atoms with Crippen LogP contribution >= 0.6 is 0 Å². The highest BCUT2D eigenvalue weighted by Gasteiger charge is 2.19. The average molecular weight is 296 g/mol. The number of benzene rings is 1. The second kappa shape index (κ2) is 5.48. The highest BCUT2D eigenvalue weighted by atomic mass is 16.2. The van der Waals surface area contributed by atoms with Crippen LogP contribution in [0.15, 0.2) is 47.7 Å². The molecule has 0 saturated heterocycles. The number of fused-ring (bicyclic) bond motifs is 1. The van der Waals surface area contributed by atoms with Crippen molar-refractivity contribution in [3.63, 3.8) is 0 Å². The van der Waals surface area contributed by atoms with Gasteiger partial charge < -0.3 is 14.5 Å². The molecule has 22 heavy (non-hydrogen) atoms. The zero-order chi connectivity index (χ0) is 15.7. The lowest BCUT2D eigenvalue weighted by Crippen LogP contribution is -2.21. The molecule has 1 N–H and O–H groups in total. The van der Waals surface area contributed by atoms with Crippen molar-refractivity contribution >= 4 is 16.9 Å². The number of hydrogen-bond acceptors (Lipinski definition) is 3. The summed E-state index contributed by atoms with van der Waals surface area (Å²) in [6, 6.07) is 9.77. The molecule has 0 spiro atoms. The molecule has 3 aromatic rings. The van der Waals surface area contributed by atoms with Gasteiger partial charge in [0.25, 0.3) is 11.5 Å². The zero-order valence-corrected chi connectivity index (χ0v) is 12.4. The van der Waals surface area contributed by atoms with Gasteiger partial charge in [-0.2, -0.15) is 0 Å². The molecule has 0 fully saturated rings. The maximum absolute atomic E-state index is 12.3. The first kappa shape index (κ1) is 14.1. The number of amides is 1. The minimum absolute atomic E-state index is 0.171. The van der Waals surface area contributed by atoms with E-state index in [1.807, 2.05) is 30.3 Å². The topological polar surface area (TPSA) is 71.0 Å². The monoisotopic (exact) mass is 296 g/mol. The molecule has 3 rings (SSSR count). The number of hydrogen-bond donors (Lipinski definition) is 1. The predicted octanol–water partition coefficient (Wildman–Crippen LogP) is 1.47. The van der Waals surface area contributed by atoms with Crippen LogP contribution in [0.2, 0.25) is 0 Å². The highest BCUT2D eigenvalue weighted by molar-refractivity contribution is 6.05. The normalized spacial score (nSPS) is 10.8. The molecule has 6 nitrogen and oxygen atoms in total. The minimum Gasteiger partial charge on any atom is -0.345 e. The van der Waals surface area contributed by atoms with Crippen molar-refractivity contribution < 1.29 is 4.79 Å². The Labute approximate surface area is 127 Å². The van der Waals surface area contributed by atoms with Crippen molar-refractivity contribution in [3.8, 4) is 0 Å². The Morgan fingerprint density at radius 2 is 2.00 bits per heavy atom. The Kier molecular flexibility index (Phi) is 3.50. The fraction of sp³-hybridized carbons (Fsp3) is 0.188. The molecule has 0 unspecified atom stereocenters. The molecule has 0 aliphatic rings. The summed E-state index contributed by atoms with van der Waals surface area (Å²) in [5, 5.41) is 0. The summed E-state index contributed by atoms with van der Waals surface area (Å²) in [6.07, 6.45) is 3.02. The molecule has 2 heterocycles. The van der Waals surface area contributed by atoms with Gasteiger partial charge >= 0.3 is 0 Å². The van der Waals surface area contributed by atoms with E-state index in [1.54, 1.807) is 24.9 Å². The van der Waals surface area contributed by atoms with Gasteiger partial charge in [0.2, 0.25) is 0 Å². The quantitative estimate of drug-likeness (QED) is 0.795. The first-order valence-corrected chi connectivity index (χ1v) is 6.90. The fourth-order valence-corrected chi connectivity index (χ4v) is 2.44. The third-order valence-electron chi connectivity index (χ3n) is 3.49. The summed E-state index contributed by atoms with van der Waals surface area (Å²) in [5.41, 5.74) is 2.07. The Bertz CT molecular complexity index is 878. The van der Waals surface area contributed by atoms with Gasteiger partial charge in [0, 0.05) is 26.8 Å². The number of aromatic amines is 1. The van der Waals surface area contributed by atoms with E-state index in [2.05, 4.69) is 9.97 Å². The minimum atomic E-state index is -0.251. The van der Waals surface area contributed by atoms with Gasteiger partial charge in [-0.1, -0.05) is 30.3 Å². The number of carbonyl (C=O) groups is 1. The molecule has 0 saturated carbocycles. The number of H-pyrrole nitrogens is 1. The van der Waals surface area contributed by atoms with E-state index in [-0.39, 0.29) is 11.5 Å². The number of aromatic nitrogens is 3. The van der Waals surface area contributed by atoms with Crippen LogP contribution in [0.4, 0.5) is 0 Å². The van der Waals surface area contributed by atoms with Crippen LogP contribution in [0, 0.1) is 0 Å². The molecular formula is C16H16N4O2. The van der Waals surface area contributed by atoms with Crippen molar-refractivity contribution in [2.24, 2.45) is 0 Å². The van der Waals surface area contributed by atoms with Gasteiger partial charge in [-0.05, 0) is 5.56 Å². The van der Waals surface area contributed by atoms with Gasteiger partial charge in [0.1, 0.15) is 11.0 Å². The molecule has 1 amide bonds. The van der Waals surface area contributed by atoms with Crippen molar-refractivity contribution in [2.45, 2.75) is 6.54 Å². The number of carbonyl (C=O) groups excluding carboxylic acids is 1. The van der Waals surface area contributed by atoms with E-state index < -0.39 is 0 Å². The summed E-state index contributed by atoms with van der Waals surface area (Å²) in [6.45, 7) is 0.507. The van der Waals surface area contributed by atoms with Gasteiger partial charge in [0.15, 0.2) is 0 Å². The van der Waals surface area contributed by atoms with Crippen molar-refractivity contribution in [1.29, 1.82) is 0 Å². The summed E-state index contributed by atoms with van der Waals surface area (Å²) in [7, 11) is 3.35. The van der Waals surface area contributed by atoms with Crippen LogP contribution in [-0.4, -0.2) is 39.4 Å². The van der Waals surface area contributed by atoms with E-state index in [0.29, 0.717) is 23.1 Å². The second-order valence-electron chi connectivity index (χ2n) is 5.28. The van der Waals surface area contributed by atoms with Crippen LogP contribution < -0.4 is 5.56 Å². The Hall–Kier alpha value is -2.89. The number of nitrogens with one attached hydrogen (secondary N) is 1. The summed E-state index contributed by atoms with van der Waals surface area (Å²) in [5.74, 6) is -0.171. The van der Waals surface area contributed by atoms with Gasteiger partial charge in [-0.25, -0.2) is 4.98 Å². The van der Waals surface area contributed by atoms with Crippen LogP contribution in [-0.2, 0) is 6.54 Å². The largest absolute Gasteiger partial charge is 0.345 e. The Morgan fingerprint density at radius 3 is 2.68 bits per heavy atom. The second-order valence-corrected chi connectivity index (χ2v) is 5.28. The molecule has 0 radical (unpaired) electrons. The smallest absolute Gasteiger partial charge is 0.275 e. The van der Waals surface area contributed by atoms with E-state index >= 15 is 0 Å². The average Bonchev–Trinajstić information content (AvgIpc) is 2.87. The molecular weight excluding hydrogens is 280 g/mol. The molecule has 0 aliphatic carbocycles. The van der Waals surface area contributed by atoms with Gasteiger partial charge in [-0.3, -0.25) is 9.59 Å². The molecule has 1 aromatic carbocycles. The van der Waals surface area contributed by atoms with Crippen molar-refractivity contribution in [1.82, 2.24) is 19.4 Å². The summed E-state index contributed by atoms with van der Waals surface area (Å²) in [4.78, 5) is 32.7. The number of rotatable bonds is 3. The molecule has 112 valence electrons. The molecule has 6 heteroatoms. The molecule has 0 atom stereocenters. The maximum Gasteiger partial charge on any atom is 0.275 e. The Morgan fingerprint density at radius 1 is 1.27 bits per heavy atom. The van der Waals surface area contributed by atoms with E-state index in [0.717, 1.165) is 5.56 Å². The predicted molar refractivity (Wildman–Crippen MR) is 83.9 cm³/mol. The Balaban J connectivity index is 2.18. The van der Waals surface area contributed by atoms with Crippen LogP contribution in [0.25, 0.3) is 11.0 Å². The molecule has 0 aliphatic heterocycles. The van der Waals surface area contributed by atoms with E-state index in [9.17, 15) is 9.59 Å². The first-order chi connectivity index (χ1) is 10.6. The van der Waals surface area contributed by atoms with Crippen molar-refractivity contribution in [3.05, 3.63) is 64.3 Å². The van der Waals surface area contributed by atoms with Crippen LogP contribution in [0.3, 0.4) is 0 Å². The molecule has 0 bridgehead atoms. The lowest BCUT2D eigenvalue weighted by Gasteiger charge is -2.08. The fourth-order valence-electron chi connectivity index (χ4n) is 2.44. The summed E-state index contributed by atoms with van der Waals surface area (Å²) >= 11 is 0. The SMILES string of the molecule is CN(C)C(=O)c1cn(Cc2ccccc2)c2c(=O)[nH]cnc12. The first-order valence-electron chi connectivity index (χ1n) is 6.90. The van der Waals surface area contributed by atoms with E-state index in [1.165, 1.54) is 11.2 Å². The zero-order valence-electron chi connectivity index (χ0n) is 12.4.